The number of sulfonamides is 1. The molecule has 41 heavy (non-hydrogen) atoms. The van der Waals surface area contributed by atoms with Crippen molar-refractivity contribution in [3.8, 4) is 11.5 Å². The fraction of sp³-hybridized carbons (Fsp3) is 0.419. The van der Waals surface area contributed by atoms with Gasteiger partial charge in [0.15, 0.2) is 11.5 Å². The quantitative estimate of drug-likeness (QED) is 0.315. The van der Waals surface area contributed by atoms with Gasteiger partial charge in [0.1, 0.15) is 5.56 Å². The van der Waals surface area contributed by atoms with Gasteiger partial charge >= 0.3 is 0 Å². The molecule has 1 amide bonds. The molecule has 0 atom stereocenters. The van der Waals surface area contributed by atoms with Gasteiger partial charge < -0.3 is 19.4 Å². The predicted molar refractivity (Wildman–Crippen MR) is 160 cm³/mol. The normalized spacial score (nSPS) is 14.4. The zero-order valence-electron chi connectivity index (χ0n) is 23.9. The van der Waals surface area contributed by atoms with Gasteiger partial charge in [0, 0.05) is 37.8 Å². The average molecular weight is 582 g/mol. The van der Waals surface area contributed by atoms with Gasteiger partial charge in [-0.05, 0) is 69.0 Å². The molecular weight excluding hydrogens is 542 g/mol. The van der Waals surface area contributed by atoms with Crippen LogP contribution in [0.2, 0.25) is 0 Å². The van der Waals surface area contributed by atoms with Crippen LogP contribution in [0.1, 0.15) is 55.5 Å². The van der Waals surface area contributed by atoms with E-state index in [2.05, 4.69) is 11.9 Å². The molecule has 0 unspecified atom stereocenters. The van der Waals surface area contributed by atoms with E-state index in [1.165, 1.54) is 22.6 Å². The largest absolute Gasteiger partial charge is 0.490 e. The van der Waals surface area contributed by atoms with Gasteiger partial charge in [0.25, 0.3) is 5.91 Å². The summed E-state index contributed by atoms with van der Waals surface area (Å²) in [5.74, 6) is 0.788. The molecule has 4 rings (SSSR count). The maximum absolute atomic E-state index is 13.5. The minimum Gasteiger partial charge on any atom is -0.490 e. The number of fused-ring (bicyclic) bond motifs is 1. The van der Waals surface area contributed by atoms with Gasteiger partial charge in [-0.1, -0.05) is 25.0 Å². The van der Waals surface area contributed by atoms with Crippen LogP contribution in [-0.4, -0.2) is 56.0 Å². The van der Waals surface area contributed by atoms with E-state index in [0.717, 1.165) is 31.2 Å². The molecule has 1 fully saturated rings. The lowest BCUT2D eigenvalue weighted by atomic mass is 10.1. The fourth-order valence-electron chi connectivity index (χ4n) is 5.09. The van der Waals surface area contributed by atoms with Crippen molar-refractivity contribution in [1.82, 2.24) is 14.2 Å². The Morgan fingerprint density at radius 3 is 2.39 bits per heavy atom. The number of hydrogen-bond acceptors (Lipinski definition) is 6. The van der Waals surface area contributed by atoms with E-state index < -0.39 is 21.4 Å². The summed E-state index contributed by atoms with van der Waals surface area (Å²) in [6.07, 6.45) is 7.32. The highest BCUT2D eigenvalue weighted by Crippen LogP contribution is 2.29. The molecule has 1 aliphatic rings. The SMILES string of the molecule is C=CCn1cc(C(=O)NCCc2ccc(OCC)c(OCC)c2)c(=O)c2cc(S(=O)(=O)N3CCCCCC3)ccc21. The monoisotopic (exact) mass is 581 g/mol. The van der Waals surface area contributed by atoms with E-state index >= 15 is 0 Å². The van der Waals surface area contributed by atoms with Crippen molar-refractivity contribution < 1.29 is 22.7 Å². The Morgan fingerprint density at radius 1 is 1.00 bits per heavy atom. The number of amides is 1. The molecular formula is C31H39N3O6S. The van der Waals surface area contributed by atoms with Crippen LogP contribution in [0, 0.1) is 0 Å². The summed E-state index contributed by atoms with van der Waals surface area (Å²) in [4.78, 5) is 26.8. The van der Waals surface area contributed by atoms with E-state index in [1.54, 1.807) is 16.7 Å². The lowest BCUT2D eigenvalue weighted by Gasteiger charge is -2.20. The van der Waals surface area contributed by atoms with E-state index in [9.17, 15) is 18.0 Å². The van der Waals surface area contributed by atoms with Gasteiger partial charge in [-0.3, -0.25) is 9.59 Å². The summed E-state index contributed by atoms with van der Waals surface area (Å²) in [7, 11) is -3.77. The van der Waals surface area contributed by atoms with Crippen molar-refractivity contribution in [2.24, 2.45) is 0 Å². The number of benzene rings is 2. The summed E-state index contributed by atoms with van der Waals surface area (Å²) < 4.78 is 41.4. The Kier molecular flexibility index (Phi) is 10.2. The first-order chi connectivity index (χ1) is 19.8. The van der Waals surface area contributed by atoms with Crippen LogP contribution in [-0.2, 0) is 23.0 Å². The Labute approximate surface area is 241 Å². The first kappa shape index (κ1) is 30.3. The minimum atomic E-state index is -3.77. The van der Waals surface area contributed by atoms with E-state index in [-0.39, 0.29) is 15.8 Å². The molecule has 9 nitrogen and oxygen atoms in total. The zero-order valence-corrected chi connectivity index (χ0v) is 24.7. The third-order valence-electron chi connectivity index (χ3n) is 7.13. The maximum atomic E-state index is 13.5. The van der Waals surface area contributed by atoms with Crippen molar-refractivity contribution in [3.05, 3.63) is 76.6 Å². The number of allylic oxidation sites excluding steroid dienone is 1. The van der Waals surface area contributed by atoms with Gasteiger partial charge in [-0.15, -0.1) is 6.58 Å². The molecule has 2 heterocycles. The summed E-state index contributed by atoms with van der Waals surface area (Å²) in [5, 5.41) is 3.02. The summed E-state index contributed by atoms with van der Waals surface area (Å²) in [6.45, 7) is 10.2. The van der Waals surface area contributed by atoms with E-state index in [0.29, 0.717) is 62.8 Å². The second kappa shape index (κ2) is 13.8. The highest BCUT2D eigenvalue weighted by molar-refractivity contribution is 7.89. The van der Waals surface area contributed by atoms with Crippen LogP contribution in [0.5, 0.6) is 11.5 Å². The Morgan fingerprint density at radius 2 is 1.71 bits per heavy atom. The zero-order chi connectivity index (χ0) is 29.4. The van der Waals surface area contributed by atoms with Crippen molar-refractivity contribution in [2.45, 2.75) is 57.4 Å². The minimum absolute atomic E-state index is 0.0506. The number of carbonyl (C=O) groups excluding carboxylic acids is 1. The maximum Gasteiger partial charge on any atom is 0.256 e. The first-order valence-corrected chi connectivity index (χ1v) is 15.7. The van der Waals surface area contributed by atoms with Crippen molar-refractivity contribution in [2.75, 3.05) is 32.8 Å². The van der Waals surface area contributed by atoms with Crippen molar-refractivity contribution >= 4 is 26.8 Å². The Bertz CT molecular complexity index is 1560. The summed E-state index contributed by atoms with van der Waals surface area (Å²) in [5.41, 5.74) is 0.929. The predicted octanol–water partition coefficient (Wildman–Crippen LogP) is 4.52. The molecule has 3 aromatic rings. The molecule has 1 aromatic heterocycles. The molecule has 10 heteroatoms. The van der Waals surface area contributed by atoms with Gasteiger partial charge in [0.05, 0.1) is 23.6 Å². The highest BCUT2D eigenvalue weighted by Gasteiger charge is 2.26. The summed E-state index contributed by atoms with van der Waals surface area (Å²) >= 11 is 0. The van der Waals surface area contributed by atoms with Crippen molar-refractivity contribution in [3.63, 3.8) is 0 Å². The van der Waals surface area contributed by atoms with E-state index in [1.807, 2.05) is 32.0 Å². The summed E-state index contributed by atoms with van der Waals surface area (Å²) in [6, 6.07) is 10.2. The molecule has 0 spiro atoms. The van der Waals surface area contributed by atoms with Crippen LogP contribution in [0.25, 0.3) is 10.9 Å². The number of rotatable bonds is 12. The van der Waals surface area contributed by atoms with Crippen LogP contribution < -0.4 is 20.2 Å². The molecule has 0 radical (unpaired) electrons. The molecule has 2 aromatic carbocycles. The third-order valence-corrected chi connectivity index (χ3v) is 9.03. The second-order valence-electron chi connectivity index (χ2n) is 9.96. The second-order valence-corrected chi connectivity index (χ2v) is 11.9. The van der Waals surface area contributed by atoms with Gasteiger partial charge in [-0.2, -0.15) is 4.31 Å². The lowest BCUT2D eigenvalue weighted by molar-refractivity contribution is 0.0952. The average Bonchev–Trinajstić information content (AvgIpc) is 3.26. The number of nitrogens with zero attached hydrogens (tertiary/aromatic N) is 2. The van der Waals surface area contributed by atoms with Gasteiger partial charge in [0.2, 0.25) is 15.5 Å². The van der Waals surface area contributed by atoms with Crippen LogP contribution >= 0.6 is 0 Å². The molecule has 0 bridgehead atoms. The molecule has 1 N–H and O–H groups in total. The lowest BCUT2D eigenvalue weighted by Crippen LogP contribution is -2.32. The molecule has 1 saturated heterocycles. The number of aromatic nitrogens is 1. The van der Waals surface area contributed by atoms with E-state index in [4.69, 9.17) is 9.47 Å². The Hall–Kier alpha value is -3.63. The number of ether oxygens (including phenoxy) is 2. The van der Waals surface area contributed by atoms with Crippen LogP contribution in [0.3, 0.4) is 0 Å². The molecule has 0 aliphatic carbocycles. The number of pyridine rings is 1. The first-order valence-electron chi connectivity index (χ1n) is 14.2. The Balaban J connectivity index is 1.59. The van der Waals surface area contributed by atoms with Crippen molar-refractivity contribution in [1.29, 1.82) is 0 Å². The third kappa shape index (κ3) is 7.00. The van der Waals surface area contributed by atoms with Crippen LogP contribution in [0.4, 0.5) is 0 Å². The topological polar surface area (TPSA) is 107 Å². The smallest absolute Gasteiger partial charge is 0.256 e. The number of hydrogen-bond donors (Lipinski definition) is 1. The fourth-order valence-corrected chi connectivity index (χ4v) is 6.63. The highest BCUT2D eigenvalue weighted by atomic mass is 32.2. The van der Waals surface area contributed by atoms with Gasteiger partial charge in [-0.25, -0.2) is 8.42 Å². The standard InChI is InChI=1S/C31H39N3O6S/c1-4-17-33-22-26(31(36)32-16-15-23-11-14-28(39-5-2)29(20-23)40-6-3)30(35)25-21-24(12-13-27(25)33)41(37,38)34-18-9-7-8-10-19-34/h4,11-14,20-22H,1,5-10,15-19H2,2-3H3,(H,32,36). The number of nitrogens with one attached hydrogen (secondary N) is 1. The number of carbonyl (C=O) groups is 1. The molecule has 0 saturated carbocycles. The molecule has 220 valence electrons. The molecule has 1 aliphatic heterocycles. The van der Waals surface area contributed by atoms with Crippen LogP contribution in [0.15, 0.2) is 64.9 Å².